The van der Waals surface area contributed by atoms with E-state index in [0.29, 0.717) is 12.4 Å². The van der Waals surface area contributed by atoms with Crippen molar-refractivity contribution in [3.8, 4) is 11.5 Å². The van der Waals surface area contributed by atoms with E-state index in [4.69, 9.17) is 10.5 Å². The molecule has 2 aromatic carbocycles. The number of phenolic OH excluding ortho intramolecular Hbond substituents is 1. The predicted octanol–water partition coefficient (Wildman–Crippen LogP) is 4.09. The molecule has 1 fully saturated rings. The number of nitrogens with two attached hydrogens (primary N) is 1. The standard InChI is InChI=1S/C19H23NO2/c20-19(12-5-2-6-13-19)16-10-7-11-17(18(16)21)22-14-15-8-3-1-4-9-15/h1,3-4,7-11,21H,2,5-6,12-14,20H2. The van der Waals surface area contributed by atoms with Gasteiger partial charge in [-0.3, -0.25) is 0 Å². The molecule has 3 heteroatoms. The SMILES string of the molecule is NC1(c2cccc(OCc3ccccc3)c2O)CCCCC1. The Bertz CT molecular complexity index is 619. The van der Waals surface area contributed by atoms with Gasteiger partial charge in [0.15, 0.2) is 11.5 Å². The van der Waals surface area contributed by atoms with E-state index in [0.717, 1.165) is 36.8 Å². The molecular formula is C19H23NO2. The number of hydrogen-bond acceptors (Lipinski definition) is 3. The lowest BCUT2D eigenvalue weighted by atomic mass is 9.77. The van der Waals surface area contributed by atoms with Gasteiger partial charge in [-0.25, -0.2) is 0 Å². The van der Waals surface area contributed by atoms with E-state index in [-0.39, 0.29) is 5.75 Å². The van der Waals surface area contributed by atoms with Crippen LogP contribution in [0.2, 0.25) is 0 Å². The monoisotopic (exact) mass is 297 g/mol. The van der Waals surface area contributed by atoms with Gasteiger partial charge in [-0.15, -0.1) is 0 Å². The van der Waals surface area contributed by atoms with Crippen LogP contribution in [0.4, 0.5) is 0 Å². The third-order valence-corrected chi connectivity index (χ3v) is 4.52. The Hall–Kier alpha value is -2.00. The van der Waals surface area contributed by atoms with Crippen molar-refractivity contribution in [2.24, 2.45) is 5.73 Å². The van der Waals surface area contributed by atoms with Crippen LogP contribution in [0.5, 0.6) is 11.5 Å². The molecule has 1 aliphatic carbocycles. The Labute approximate surface area is 131 Å². The van der Waals surface area contributed by atoms with Crippen molar-refractivity contribution in [3.63, 3.8) is 0 Å². The van der Waals surface area contributed by atoms with Gasteiger partial charge in [0, 0.05) is 11.1 Å². The first kappa shape index (κ1) is 14.9. The summed E-state index contributed by atoms with van der Waals surface area (Å²) in [4.78, 5) is 0. The molecule has 0 heterocycles. The topological polar surface area (TPSA) is 55.5 Å². The number of phenols is 1. The third kappa shape index (κ3) is 3.09. The molecule has 0 spiro atoms. The summed E-state index contributed by atoms with van der Waals surface area (Å²) >= 11 is 0. The molecule has 0 bridgehead atoms. The molecule has 0 saturated heterocycles. The van der Waals surface area contributed by atoms with Gasteiger partial charge in [0.25, 0.3) is 0 Å². The van der Waals surface area contributed by atoms with Crippen LogP contribution >= 0.6 is 0 Å². The van der Waals surface area contributed by atoms with Crippen LogP contribution in [0.1, 0.15) is 43.2 Å². The summed E-state index contributed by atoms with van der Waals surface area (Å²) in [7, 11) is 0. The van der Waals surface area contributed by atoms with Crippen molar-refractivity contribution in [2.75, 3.05) is 0 Å². The highest BCUT2D eigenvalue weighted by atomic mass is 16.5. The van der Waals surface area contributed by atoms with Crippen molar-refractivity contribution < 1.29 is 9.84 Å². The summed E-state index contributed by atoms with van der Waals surface area (Å²) < 4.78 is 5.79. The molecule has 1 aliphatic rings. The highest BCUT2D eigenvalue weighted by Crippen LogP contribution is 2.42. The Morgan fingerprint density at radius 3 is 2.41 bits per heavy atom. The van der Waals surface area contributed by atoms with Crippen LogP contribution in [0, 0.1) is 0 Å². The average molecular weight is 297 g/mol. The van der Waals surface area contributed by atoms with Gasteiger partial charge in [0.1, 0.15) is 6.61 Å². The second-order valence-electron chi connectivity index (χ2n) is 6.14. The predicted molar refractivity (Wildman–Crippen MR) is 87.8 cm³/mol. The smallest absolute Gasteiger partial charge is 0.162 e. The molecule has 0 amide bonds. The summed E-state index contributed by atoms with van der Waals surface area (Å²) in [5.41, 5.74) is 8.01. The fraction of sp³-hybridized carbons (Fsp3) is 0.368. The lowest BCUT2D eigenvalue weighted by Gasteiger charge is -2.34. The fourth-order valence-electron chi connectivity index (χ4n) is 3.23. The lowest BCUT2D eigenvalue weighted by Crippen LogP contribution is -2.38. The molecule has 0 radical (unpaired) electrons. The minimum absolute atomic E-state index is 0.197. The zero-order chi connectivity index (χ0) is 15.4. The number of benzene rings is 2. The summed E-state index contributed by atoms with van der Waals surface area (Å²) in [6, 6.07) is 15.6. The summed E-state index contributed by atoms with van der Waals surface area (Å²) in [6.07, 6.45) is 5.30. The van der Waals surface area contributed by atoms with E-state index >= 15 is 0 Å². The number of ether oxygens (including phenoxy) is 1. The molecule has 3 N–H and O–H groups in total. The lowest BCUT2D eigenvalue weighted by molar-refractivity contribution is 0.269. The van der Waals surface area contributed by atoms with Crippen molar-refractivity contribution in [1.82, 2.24) is 0 Å². The zero-order valence-corrected chi connectivity index (χ0v) is 12.8. The summed E-state index contributed by atoms with van der Waals surface area (Å²) in [6.45, 7) is 0.440. The molecule has 3 rings (SSSR count). The van der Waals surface area contributed by atoms with E-state index in [1.165, 1.54) is 6.42 Å². The van der Waals surface area contributed by atoms with E-state index in [1.54, 1.807) is 6.07 Å². The molecular weight excluding hydrogens is 274 g/mol. The maximum Gasteiger partial charge on any atom is 0.162 e. The summed E-state index contributed by atoms with van der Waals surface area (Å²) in [5, 5.41) is 10.6. The third-order valence-electron chi connectivity index (χ3n) is 4.52. The van der Waals surface area contributed by atoms with Crippen molar-refractivity contribution >= 4 is 0 Å². The first-order chi connectivity index (χ1) is 10.7. The number of aromatic hydroxyl groups is 1. The fourth-order valence-corrected chi connectivity index (χ4v) is 3.23. The van der Waals surface area contributed by atoms with E-state index < -0.39 is 5.54 Å². The van der Waals surface area contributed by atoms with Crippen LogP contribution in [0.3, 0.4) is 0 Å². The highest BCUT2D eigenvalue weighted by molar-refractivity contribution is 5.49. The number of para-hydroxylation sites is 1. The van der Waals surface area contributed by atoms with Crippen LogP contribution in [-0.4, -0.2) is 5.11 Å². The van der Waals surface area contributed by atoms with Crippen molar-refractivity contribution in [2.45, 2.75) is 44.2 Å². The van der Waals surface area contributed by atoms with E-state index in [2.05, 4.69) is 0 Å². The Balaban J connectivity index is 1.80. The van der Waals surface area contributed by atoms with Gasteiger partial charge in [-0.2, -0.15) is 0 Å². The zero-order valence-electron chi connectivity index (χ0n) is 12.8. The Morgan fingerprint density at radius 1 is 0.955 bits per heavy atom. The van der Waals surface area contributed by atoms with Crippen LogP contribution in [-0.2, 0) is 12.1 Å². The molecule has 0 aliphatic heterocycles. The van der Waals surface area contributed by atoms with Crippen LogP contribution in [0.25, 0.3) is 0 Å². The maximum absolute atomic E-state index is 10.6. The van der Waals surface area contributed by atoms with Gasteiger partial charge in [0.2, 0.25) is 0 Å². The Kier molecular flexibility index (Phi) is 4.34. The van der Waals surface area contributed by atoms with Gasteiger partial charge in [0.05, 0.1) is 0 Å². The molecule has 3 nitrogen and oxygen atoms in total. The minimum atomic E-state index is -0.422. The van der Waals surface area contributed by atoms with Gasteiger partial charge < -0.3 is 15.6 Å². The summed E-state index contributed by atoms with van der Waals surface area (Å²) in [5.74, 6) is 0.708. The average Bonchev–Trinajstić information content (AvgIpc) is 2.55. The van der Waals surface area contributed by atoms with Crippen LogP contribution < -0.4 is 10.5 Å². The second kappa shape index (κ2) is 6.41. The second-order valence-corrected chi connectivity index (χ2v) is 6.14. The van der Waals surface area contributed by atoms with Crippen molar-refractivity contribution in [1.29, 1.82) is 0 Å². The van der Waals surface area contributed by atoms with Crippen LogP contribution in [0.15, 0.2) is 48.5 Å². The molecule has 2 aromatic rings. The molecule has 0 unspecified atom stereocenters. The molecule has 0 atom stereocenters. The molecule has 116 valence electrons. The molecule has 22 heavy (non-hydrogen) atoms. The number of rotatable bonds is 4. The Morgan fingerprint density at radius 2 is 1.68 bits per heavy atom. The maximum atomic E-state index is 10.6. The van der Waals surface area contributed by atoms with Gasteiger partial charge in [-0.1, -0.05) is 61.7 Å². The van der Waals surface area contributed by atoms with Gasteiger partial charge >= 0.3 is 0 Å². The van der Waals surface area contributed by atoms with Crippen molar-refractivity contribution in [3.05, 3.63) is 59.7 Å². The van der Waals surface area contributed by atoms with Gasteiger partial charge in [-0.05, 0) is 24.5 Å². The number of hydrogen-bond donors (Lipinski definition) is 2. The van der Waals surface area contributed by atoms with E-state index in [9.17, 15) is 5.11 Å². The van der Waals surface area contributed by atoms with E-state index in [1.807, 2.05) is 42.5 Å². The highest BCUT2D eigenvalue weighted by Gasteiger charge is 2.32. The largest absolute Gasteiger partial charge is 0.504 e. The normalized spacial score (nSPS) is 17.1. The first-order valence-corrected chi connectivity index (χ1v) is 7.97. The molecule has 1 saturated carbocycles. The quantitative estimate of drug-likeness (QED) is 0.893. The first-order valence-electron chi connectivity index (χ1n) is 7.97. The minimum Gasteiger partial charge on any atom is -0.504 e. The molecule has 0 aromatic heterocycles.